The molecule has 0 atom stereocenters. The molecule has 14 heavy (non-hydrogen) atoms. The molecule has 3 heteroatoms. The van der Waals surface area contributed by atoms with Crippen LogP contribution < -0.4 is 0 Å². The van der Waals surface area contributed by atoms with Gasteiger partial charge in [0.05, 0.1) is 15.7 Å². The van der Waals surface area contributed by atoms with Gasteiger partial charge < -0.3 is 0 Å². The number of benzene rings is 1. The van der Waals surface area contributed by atoms with Gasteiger partial charge in [-0.2, -0.15) is 0 Å². The molecular formula is C11H13NOS. The highest BCUT2D eigenvalue weighted by Gasteiger charge is 2.01. The molecule has 0 spiro atoms. The van der Waals surface area contributed by atoms with Crippen molar-refractivity contribution in [2.24, 2.45) is 0 Å². The van der Waals surface area contributed by atoms with Crippen molar-refractivity contribution in [1.29, 1.82) is 0 Å². The van der Waals surface area contributed by atoms with Gasteiger partial charge in [0.25, 0.3) is 0 Å². The van der Waals surface area contributed by atoms with Crippen molar-refractivity contribution in [3.63, 3.8) is 0 Å². The van der Waals surface area contributed by atoms with E-state index < -0.39 is 0 Å². The lowest BCUT2D eigenvalue weighted by Crippen LogP contribution is -1.89. The van der Waals surface area contributed by atoms with E-state index in [0.29, 0.717) is 0 Å². The van der Waals surface area contributed by atoms with Crippen molar-refractivity contribution < 1.29 is 4.79 Å². The first kappa shape index (κ1) is 10.9. The number of thiazole rings is 1. The molecule has 0 N–H and O–H groups in total. The van der Waals surface area contributed by atoms with Crippen LogP contribution in [0.4, 0.5) is 0 Å². The van der Waals surface area contributed by atoms with Crippen molar-refractivity contribution in [3.05, 3.63) is 29.3 Å². The number of aromatic nitrogens is 1. The smallest absolute Gasteiger partial charge is 0.159 e. The first-order chi connectivity index (χ1) is 6.77. The van der Waals surface area contributed by atoms with Crippen molar-refractivity contribution in [3.8, 4) is 0 Å². The molecular weight excluding hydrogens is 194 g/mol. The number of fused-ring (bicyclic) bond motifs is 1. The number of carbonyl (C=O) groups excluding carboxylic acids is 1. The summed E-state index contributed by atoms with van der Waals surface area (Å²) >= 11 is 1.59. The van der Waals surface area contributed by atoms with Crippen LogP contribution >= 0.6 is 11.3 Å². The maximum Gasteiger partial charge on any atom is 0.159 e. The molecule has 0 saturated carbocycles. The van der Waals surface area contributed by atoms with E-state index in [1.165, 1.54) is 0 Å². The average molecular weight is 207 g/mol. The summed E-state index contributed by atoms with van der Waals surface area (Å²) in [6.07, 6.45) is 0. The SMILES string of the molecule is CC.CC(=O)c1ccc2scnc2c1. The van der Waals surface area contributed by atoms with Gasteiger partial charge in [0.2, 0.25) is 0 Å². The molecule has 74 valence electrons. The Balaban J connectivity index is 0.000000461. The average Bonchev–Trinajstić information content (AvgIpc) is 2.67. The minimum absolute atomic E-state index is 0.0879. The van der Waals surface area contributed by atoms with Crippen LogP contribution in [-0.2, 0) is 0 Å². The van der Waals surface area contributed by atoms with E-state index >= 15 is 0 Å². The van der Waals surface area contributed by atoms with E-state index in [1.54, 1.807) is 23.8 Å². The van der Waals surface area contributed by atoms with E-state index in [9.17, 15) is 4.79 Å². The molecule has 0 unspecified atom stereocenters. The summed E-state index contributed by atoms with van der Waals surface area (Å²) in [6.45, 7) is 5.56. The lowest BCUT2D eigenvalue weighted by molar-refractivity contribution is 0.101. The molecule has 2 rings (SSSR count). The molecule has 0 aliphatic carbocycles. The lowest BCUT2D eigenvalue weighted by Gasteiger charge is -1.93. The lowest BCUT2D eigenvalue weighted by atomic mass is 10.1. The number of hydrogen-bond acceptors (Lipinski definition) is 3. The molecule has 0 saturated heterocycles. The topological polar surface area (TPSA) is 30.0 Å². The minimum atomic E-state index is 0.0879. The van der Waals surface area contributed by atoms with E-state index in [-0.39, 0.29) is 5.78 Å². The summed E-state index contributed by atoms with van der Waals surface area (Å²) in [5, 5.41) is 0. The summed E-state index contributed by atoms with van der Waals surface area (Å²) < 4.78 is 1.13. The molecule has 0 aliphatic heterocycles. The summed E-state index contributed by atoms with van der Waals surface area (Å²) in [5.41, 5.74) is 3.43. The summed E-state index contributed by atoms with van der Waals surface area (Å²) in [5.74, 6) is 0.0879. The quantitative estimate of drug-likeness (QED) is 0.670. The van der Waals surface area contributed by atoms with Crippen LogP contribution in [0.15, 0.2) is 23.7 Å². The standard InChI is InChI=1S/C9H7NOS.C2H6/c1-6(11)7-2-3-9-8(4-7)10-5-12-9;1-2/h2-5H,1H3;1-2H3. The fourth-order valence-corrected chi connectivity index (χ4v) is 1.74. The second kappa shape index (κ2) is 4.86. The number of ketones is 1. The van der Waals surface area contributed by atoms with Gasteiger partial charge in [-0.05, 0) is 25.1 Å². The zero-order valence-corrected chi connectivity index (χ0v) is 9.39. The highest BCUT2D eigenvalue weighted by Crippen LogP contribution is 2.18. The Hall–Kier alpha value is -1.22. The first-order valence-corrected chi connectivity index (χ1v) is 5.49. The Kier molecular flexibility index (Phi) is 3.77. The molecule has 0 aliphatic rings. The zero-order valence-electron chi connectivity index (χ0n) is 8.57. The second-order valence-electron chi connectivity index (χ2n) is 2.59. The predicted octanol–water partition coefficient (Wildman–Crippen LogP) is 3.53. The minimum Gasteiger partial charge on any atom is -0.295 e. The van der Waals surface area contributed by atoms with Crippen LogP contribution in [-0.4, -0.2) is 10.8 Å². The zero-order chi connectivity index (χ0) is 10.6. The maximum atomic E-state index is 11.0. The third-order valence-electron chi connectivity index (χ3n) is 1.74. The number of Topliss-reactive ketones (excluding diaryl/α,β-unsaturated/α-hetero) is 1. The molecule has 0 radical (unpaired) electrons. The fraction of sp³-hybridized carbons (Fsp3) is 0.273. The van der Waals surface area contributed by atoms with Crippen LogP contribution in [0.1, 0.15) is 31.1 Å². The molecule has 0 fully saturated rings. The molecule has 1 aromatic heterocycles. The Bertz CT molecular complexity index is 434. The molecule has 2 nitrogen and oxygen atoms in total. The van der Waals surface area contributed by atoms with Crippen molar-refractivity contribution in [2.45, 2.75) is 20.8 Å². The van der Waals surface area contributed by atoms with Crippen LogP contribution in [0.25, 0.3) is 10.2 Å². The molecule has 0 amide bonds. The Morgan fingerprint density at radius 1 is 1.36 bits per heavy atom. The number of nitrogens with zero attached hydrogens (tertiary/aromatic N) is 1. The Labute approximate surface area is 87.6 Å². The maximum absolute atomic E-state index is 11.0. The van der Waals surface area contributed by atoms with Crippen molar-refractivity contribution >= 4 is 27.3 Å². The monoisotopic (exact) mass is 207 g/mol. The van der Waals surface area contributed by atoms with Crippen LogP contribution in [0.5, 0.6) is 0 Å². The predicted molar refractivity (Wildman–Crippen MR) is 61.0 cm³/mol. The van der Waals surface area contributed by atoms with Gasteiger partial charge in [-0.25, -0.2) is 4.98 Å². The van der Waals surface area contributed by atoms with Crippen LogP contribution in [0.3, 0.4) is 0 Å². The van der Waals surface area contributed by atoms with Gasteiger partial charge in [0.15, 0.2) is 5.78 Å². The van der Waals surface area contributed by atoms with Gasteiger partial charge in [0, 0.05) is 5.56 Å². The molecule has 1 heterocycles. The number of rotatable bonds is 1. The van der Waals surface area contributed by atoms with Gasteiger partial charge in [0.1, 0.15) is 0 Å². The van der Waals surface area contributed by atoms with Crippen molar-refractivity contribution in [1.82, 2.24) is 4.98 Å². The van der Waals surface area contributed by atoms with Crippen LogP contribution in [0.2, 0.25) is 0 Å². The van der Waals surface area contributed by atoms with E-state index in [0.717, 1.165) is 15.8 Å². The third-order valence-corrected chi connectivity index (χ3v) is 2.55. The first-order valence-electron chi connectivity index (χ1n) is 4.61. The summed E-state index contributed by atoms with van der Waals surface area (Å²) in [6, 6.07) is 5.60. The summed E-state index contributed by atoms with van der Waals surface area (Å²) in [7, 11) is 0. The van der Waals surface area contributed by atoms with Crippen LogP contribution in [0, 0.1) is 0 Å². The van der Waals surface area contributed by atoms with E-state index in [4.69, 9.17) is 0 Å². The van der Waals surface area contributed by atoms with E-state index in [1.807, 2.05) is 32.0 Å². The molecule has 2 aromatic rings. The highest BCUT2D eigenvalue weighted by atomic mass is 32.1. The van der Waals surface area contributed by atoms with Gasteiger partial charge in [-0.3, -0.25) is 4.79 Å². The Morgan fingerprint density at radius 3 is 2.71 bits per heavy atom. The fourth-order valence-electron chi connectivity index (χ4n) is 1.08. The normalized spacial score (nSPS) is 9.36. The highest BCUT2D eigenvalue weighted by molar-refractivity contribution is 7.16. The van der Waals surface area contributed by atoms with Crippen molar-refractivity contribution in [2.75, 3.05) is 0 Å². The van der Waals surface area contributed by atoms with Gasteiger partial charge >= 0.3 is 0 Å². The third kappa shape index (κ3) is 2.17. The number of hydrogen-bond donors (Lipinski definition) is 0. The Morgan fingerprint density at radius 2 is 2.07 bits per heavy atom. The van der Waals surface area contributed by atoms with Gasteiger partial charge in [-0.1, -0.05) is 13.8 Å². The van der Waals surface area contributed by atoms with E-state index in [2.05, 4.69) is 4.98 Å². The van der Waals surface area contributed by atoms with Gasteiger partial charge in [-0.15, -0.1) is 11.3 Å². The molecule has 1 aromatic carbocycles. The summed E-state index contributed by atoms with van der Waals surface area (Å²) in [4.78, 5) is 15.1. The largest absolute Gasteiger partial charge is 0.295 e. The number of carbonyl (C=O) groups is 1. The molecule has 0 bridgehead atoms. The second-order valence-corrected chi connectivity index (χ2v) is 3.48.